The number of carbonyl (C=O) groups is 1. The minimum atomic E-state index is -0.582. The number of halogens is 4. The molecule has 0 aliphatic carbocycles. The monoisotopic (exact) mass is 817 g/mol. The van der Waals surface area contributed by atoms with Crippen LogP contribution >= 0.6 is 23.2 Å². The van der Waals surface area contributed by atoms with Gasteiger partial charge < -0.3 is 24.4 Å². The number of rotatable bonds is 15. The molecule has 290 valence electrons. The molecule has 1 N–H and O–H groups in total. The molecule has 0 saturated carbocycles. The molecule has 0 spiro atoms. The zero-order valence-corrected chi connectivity index (χ0v) is 32.4. The number of aldehydes is 1. The van der Waals surface area contributed by atoms with E-state index in [0.29, 0.717) is 73.2 Å². The average molecular weight is 819 g/mol. The van der Waals surface area contributed by atoms with Crippen LogP contribution in [0.1, 0.15) is 60.4 Å². The van der Waals surface area contributed by atoms with Gasteiger partial charge in [-0.05, 0) is 95.8 Å². The lowest BCUT2D eigenvalue weighted by Crippen LogP contribution is -2.05. The van der Waals surface area contributed by atoms with Crippen molar-refractivity contribution in [3.05, 3.63) is 163 Å². The quantitative estimate of drug-likeness (QED) is 0.0788. The molecule has 6 aromatic rings. The second-order valence-electron chi connectivity index (χ2n) is 12.9. The van der Waals surface area contributed by atoms with Crippen LogP contribution in [-0.4, -0.2) is 22.5 Å². The first-order valence-corrected chi connectivity index (χ1v) is 18.2. The predicted molar refractivity (Wildman–Crippen MR) is 213 cm³/mol. The fourth-order valence-electron chi connectivity index (χ4n) is 6.00. The number of hydrogen-bond donors (Lipinski definition) is 1. The number of ether oxygens (including phenoxy) is 4. The fraction of sp³-hybridized carbons (Fsp3) is 0.136. The van der Waals surface area contributed by atoms with Gasteiger partial charge in [0.15, 0.2) is 6.29 Å². The summed E-state index contributed by atoms with van der Waals surface area (Å²) in [6, 6.07) is 18.5. The van der Waals surface area contributed by atoms with Crippen LogP contribution in [0.2, 0.25) is 10.0 Å². The Hall–Kier alpha value is -6.86. The summed E-state index contributed by atoms with van der Waals surface area (Å²) < 4.78 is 54.5. The minimum Gasteiger partial charge on any atom is -0.488 e. The van der Waals surface area contributed by atoms with E-state index in [1.54, 1.807) is 32.2 Å². The highest BCUT2D eigenvalue weighted by atomic mass is 35.5. The van der Waals surface area contributed by atoms with Crippen molar-refractivity contribution < 1.29 is 32.5 Å². The predicted octanol–water partition coefficient (Wildman–Crippen LogP) is 10.2. The van der Waals surface area contributed by atoms with E-state index in [1.165, 1.54) is 67.1 Å². The first kappa shape index (κ1) is 40.8. The maximum absolute atomic E-state index is 15.3. The van der Waals surface area contributed by atoms with Crippen molar-refractivity contribution in [2.45, 2.75) is 40.3 Å². The first-order valence-electron chi connectivity index (χ1n) is 17.4. The van der Waals surface area contributed by atoms with Gasteiger partial charge in [0.2, 0.25) is 0 Å². The van der Waals surface area contributed by atoms with E-state index >= 15 is 8.78 Å². The van der Waals surface area contributed by atoms with Gasteiger partial charge in [0.05, 0.1) is 26.7 Å². The highest BCUT2D eigenvalue weighted by Crippen LogP contribution is 2.37. The summed E-state index contributed by atoms with van der Waals surface area (Å²) in [5.41, 5.74) is 5.55. The van der Waals surface area contributed by atoms with Gasteiger partial charge in [-0.15, -0.1) is 0 Å². The van der Waals surface area contributed by atoms with Gasteiger partial charge in [-0.1, -0.05) is 23.2 Å². The number of carbonyl (C=O) groups excluding carboxylic acids is 1. The topological polar surface area (TPSA) is 151 Å². The number of pyridine rings is 2. The molecule has 0 aliphatic heterocycles. The number of hydrogen-bond acceptors (Lipinski definition) is 10. The molecule has 0 radical (unpaired) electrons. The van der Waals surface area contributed by atoms with Crippen molar-refractivity contribution in [3.63, 3.8) is 0 Å². The van der Waals surface area contributed by atoms with Crippen LogP contribution in [0, 0.1) is 53.6 Å². The number of nitrogens with zero attached hydrogens (tertiary/aromatic N) is 4. The molecule has 0 bridgehead atoms. The van der Waals surface area contributed by atoms with Gasteiger partial charge in [-0.25, -0.2) is 8.78 Å². The van der Waals surface area contributed by atoms with Crippen molar-refractivity contribution in [2.24, 2.45) is 0 Å². The lowest BCUT2D eigenvalue weighted by Gasteiger charge is -2.19. The summed E-state index contributed by atoms with van der Waals surface area (Å²) in [6.07, 6.45) is 7.63. The maximum Gasteiger partial charge on any atom is 0.153 e. The second kappa shape index (κ2) is 18.4. The van der Waals surface area contributed by atoms with Crippen LogP contribution in [0.5, 0.6) is 23.0 Å². The van der Waals surface area contributed by atoms with E-state index in [0.717, 1.165) is 6.21 Å². The molecule has 58 heavy (non-hydrogen) atoms. The Labute approximate surface area is 342 Å². The Kier molecular flexibility index (Phi) is 12.9. The van der Waals surface area contributed by atoms with Gasteiger partial charge in [-0.3, -0.25) is 14.8 Å². The normalized spacial score (nSPS) is 10.6. The molecule has 4 aromatic carbocycles. The van der Waals surface area contributed by atoms with Crippen molar-refractivity contribution >= 4 is 35.7 Å². The molecule has 0 unspecified atom stereocenters. The van der Waals surface area contributed by atoms with Crippen LogP contribution in [0.25, 0.3) is 11.1 Å². The van der Waals surface area contributed by atoms with E-state index in [-0.39, 0.29) is 59.3 Å². The molecule has 2 heterocycles. The molecule has 0 atom stereocenters. The third-order valence-corrected chi connectivity index (χ3v) is 9.66. The molecule has 10 nitrogen and oxygen atoms in total. The fourth-order valence-corrected chi connectivity index (χ4v) is 6.45. The Morgan fingerprint density at radius 1 is 0.621 bits per heavy atom. The van der Waals surface area contributed by atoms with Crippen molar-refractivity contribution in [1.82, 2.24) is 9.97 Å². The average Bonchev–Trinajstić information content (AvgIpc) is 3.23. The SMILES string of the molecule is Cc1c(COc2cc(OCc3cncc(C#N)c3)c(C=N)cc2Cl)cc(F)cc1-c1cc(F)cc(COc2cc(OCc3cncc(C#N)c3)c(C=O)cc2Cl)c1C. The number of aromatic nitrogens is 2. The second-order valence-corrected chi connectivity index (χ2v) is 13.7. The minimum absolute atomic E-state index is 0.00873. The van der Waals surface area contributed by atoms with Crippen LogP contribution in [0.15, 0.2) is 85.5 Å². The van der Waals surface area contributed by atoms with Crippen molar-refractivity contribution in [3.8, 4) is 46.3 Å². The van der Waals surface area contributed by atoms with E-state index in [1.807, 2.05) is 12.1 Å². The first-order chi connectivity index (χ1) is 28.0. The maximum atomic E-state index is 15.3. The summed E-state index contributed by atoms with van der Waals surface area (Å²) in [5.74, 6) is -0.300. The number of nitriles is 2. The molecule has 2 aromatic heterocycles. The number of benzene rings is 4. The van der Waals surface area contributed by atoms with Crippen molar-refractivity contribution in [1.29, 1.82) is 15.9 Å². The summed E-state index contributed by atoms with van der Waals surface area (Å²) in [4.78, 5) is 19.9. The van der Waals surface area contributed by atoms with Crippen LogP contribution in [0.3, 0.4) is 0 Å². The Balaban J connectivity index is 1.21. The third-order valence-electron chi connectivity index (χ3n) is 9.06. The van der Waals surface area contributed by atoms with E-state index in [9.17, 15) is 15.3 Å². The summed E-state index contributed by atoms with van der Waals surface area (Å²) >= 11 is 13.0. The van der Waals surface area contributed by atoms with Gasteiger partial charge >= 0.3 is 0 Å². The molecule has 0 amide bonds. The molecule has 0 saturated heterocycles. The Morgan fingerprint density at radius 3 is 1.48 bits per heavy atom. The smallest absolute Gasteiger partial charge is 0.153 e. The van der Waals surface area contributed by atoms with Crippen molar-refractivity contribution in [2.75, 3.05) is 0 Å². The zero-order valence-electron chi connectivity index (χ0n) is 30.9. The molecular weight excluding hydrogens is 787 g/mol. The molecule has 0 fully saturated rings. The Bertz CT molecular complexity index is 2460. The van der Waals surface area contributed by atoms with Gasteiger partial charge in [0, 0.05) is 59.8 Å². The van der Waals surface area contributed by atoms with Gasteiger partial charge in [0.1, 0.15) is 73.2 Å². The Morgan fingerprint density at radius 2 is 1.05 bits per heavy atom. The lowest BCUT2D eigenvalue weighted by atomic mass is 9.91. The van der Waals surface area contributed by atoms with Crippen LogP contribution in [0.4, 0.5) is 8.78 Å². The van der Waals surface area contributed by atoms with Gasteiger partial charge in [0.25, 0.3) is 0 Å². The van der Waals surface area contributed by atoms with E-state index in [2.05, 4.69) is 9.97 Å². The molecular formula is C44H31Cl2F2N5O5. The zero-order chi connectivity index (χ0) is 41.3. The summed E-state index contributed by atoms with van der Waals surface area (Å²) in [6.45, 7) is 3.36. The van der Waals surface area contributed by atoms with E-state index < -0.39 is 11.6 Å². The highest BCUT2D eigenvalue weighted by Gasteiger charge is 2.19. The van der Waals surface area contributed by atoms with Crippen LogP contribution in [-0.2, 0) is 26.4 Å². The number of nitrogens with one attached hydrogen (secondary N) is 1. The third kappa shape index (κ3) is 9.56. The summed E-state index contributed by atoms with van der Waals surface area (Å²) in [7, 11) is 0. The highest BCUT2D eigenvalue weighted by molar-refractivity contribution is 6.32. The largest absolute Gasteiger partial charge is 0.488 e. The lowest BCUT2D eigenvalue weighted by molar-refractivity contribution is 0.111. The van der Waals surface area contributed by atoms with Gasteiger partial charge in [-0.2, -0.15) is 10.5 Å². The van der Waals surface area contributed by atoms with E-state index in [4.69, 9.17) is 47.6 Å². The summed E-state index contributed by atoms with van der Waals surface area (Å²) in [5, 5.41) is 26.5. The molecule has 14 heteroatoms. The molecule has 0 aliphatic rings. The van der Waals surface area contributed by atoms with Crippen LogP contribution < -0.4 is 18.9 Å². The standard InChI is InChI=1S/C44H31Cl2F2N5O5/c1-25-33(23-57-43-11-41(31(15-51)7-39(43)45)55-21-29-3-27(13-49)16-52-18-29)5-35(47)9-37(25)38-10-36(48)6-34(26(38)2)24-58-44-12-42(32(20-54)8-40(44)46)56-22-30-4-28(14-50)17-53-19-30/h3-12,15-20,51H,21-24H2,1-2H3. The molecule has 6 rings (SSSR count).